The number of carbonyl (C=O) groups excluding carboxylic acids is 1. The third-order valence-corrected chi connectivity index (χ3v) is 4.19. The molecule has 1 N–H and O–H groups in total. The minimum absolute atomic E-state index is 0.0800. The summed E-state index contributed by atoms with van der Waals surface area (Å²) in [5, 5.41) is 3.53. The van der Waals surface area contributed by atoms with Gasteiger partial charge >= 0.3 is 0 Å². The topological polar surface area (TPSA) is 32.3 Å². The van der Waals surface area contributed by atoms with Crippen LogP contribution < -0.4 is 5.32 Å². The van der Waals surface area contributed by atoms with Crippen molar-refractivity contribution in [3.63, 3.8) is 0 Å². The van der Waals surface area contributed by atoms with E-state index in [2.05, 4.69) is 5.32 Å². The van der Waals surface area contributed by atoms with Crippen molar-refractivity contribution in [2.45, 2.75) is 46.2 Å². The molecule has 2 rings (SSSR count). The van der Waals surface area contributed by atoms with Crippen LogP contribution in [0.15, 0.2) is 18.2 Å². The van der Waals surface area contributed by atoms with Crippen molar-refractivity contribution in [3.8, 4) is 0 Å². The Morgan fingerprint density at radius 1 is 1.38 bits per heavy atom. The molecule has 0 atom stereocenters. The minimum atomic E-state index is -0.184. The predicted molar refractivity (Wildman–Crippen MR) is 82.4 cm³/mol. The molecule has 21 heavy (non-hydrogen) atoms. The number of likely N-dealkylation sites (tertiary alicyclic amines) is 1. The molecule has 0 spiro atoms. The molecule has 1 aromatic rings. The first-order valence-electron chi connectivity index (χ1n) is 7.74. The monoisotopic (exact) mass is 292 g/mol. The fourth-order valence-corrected chi connectivity index (χ4v) is 2.78. The van der Waals surface area contributed by atoms with Crippen LogP contribution in [0.3, 0.4) is 0 Å². The van der Waals surface area contributed by atoms with Crippen LogP contribution in [0.25, 0.3) is 0 Å². The molecule has 1 heterocycles. The normalized spacial score (nSPS) is 16.5. The summed E-state index contributed by atoms with van der Waals surface area (Å²) in [7, 11) is 0. The molecule has 1 aromatic carbocycles. The number of carbonyl (C=O) groups is 1. The minimum Gasteiger partial charge on any atom is -0.342 e. The van der Waals surface area contributed by atoms with Crippen LogP contribution in [0.4, 0.5) is 4.39 Å². The Labute approximate surface area is 126 Å². The fourth-order valence-electron chi connectivity index (χ4n) is 2.78. The molecule has 3 nitrogen and oxygen atoms in total. The number of benzene rings is 1. The van der Waals surface area contributed by atoms with Crippen LogP contribution in [0.5, 0.6) is 0 Å². The van der Waals surface area contributed by atoms with Crippen LogP contribution >= 0.6 is 0 Å². The highest BCUT2D eigenvalue weighted by molar-refractivity contribution is 5.78. The summed E-state index contributed by atoms with van der Waals surface area (Å²) in [6.07, 6.45) is 1.97. The molecular weight excluding hydrogens is 267 g/mol. The summed E-state index contributed by atoms with van der Waals surface area (Å²) in [6, 6.07) is 5.36. The maximum absolute atomic E-state index is 13.1. The standard InChI is InChI=1S/C17H25FN2O/c1-12(2)17(21)20-8-6-16(7-9-20)19-11-14-4-5-15(18)10-13(14)3/h4-5,10,12,16,19H,6-9,11H2,1-3H3. The van der Waals surface area contributed by atoms with Gasteiger partial charge in [0.05, 0.1) is 0 Å². The van der Waals surface area contributed by atoms with Crippen molar-refractivity contribution in [2.75, 3.05) is 13.1 Å². The third kappa shape index (κ3) is 4.27. The molecule has 0 unspecified atom stereocenters. The number of hydrogen-bond acceptors (Lipinski definition) is 2. The van der Waals surface area contributed by atoms with E-state index in [1.54, 1.807) is 6.07 Å². The average molecular weight is 292 g/mol. The Hall–Kier alpha value is -1.42. The molecule has 1 fully saturated rings. The first-order chi connectivity index (χ1) is 9.97. The van der Waals surface area contributed by atoms with Gasteiger partial charge in [0.15, 0.2) is 0 Å². The fraction of sp³-hybridized carbons (Fsp3) is 0.588. The van der Waals surface area contributed by atoms with E-state index in [1.165, 1.54) is 6.07 Å². The van der Waals surface area contributed by atoms with Gasteiger partial charge in [0.2, 0.25) is 5.91 Å². The largest absolute Gasteiger partial charge is 0.342 e. The molecular formula is C17H25FN2O. The van der Waals surface area contributed by atoms with Crippen molar-refractivity contribution in [2.24, 2.45) is 5.92 Å². The van der Waals surface area contributed by atoms with Gasteiger partial charge in [0.1, 0.15) is 5.82 Å². The molecule has 0 aliphatic carbocycles. The Balaban J connectivity index is 1.80. The highest BCUT2D eigenvalue weighted by atomic mass is 19.1. The zero-order valence-electron chi connectivity index (χ0n) is 13.2. The number of halogens is 1. The summed E-state index contributed by atoms with van der Waals surface area (Å²) in [6.45, 7) is 8.25. The second-order valence-corrected chi connectivity index (χ2v) is 6.21. The maximum Gasteiger partial charge on any atom is 0.225 e. The van der Waals surface area contributed by atoms with Crippen molar-refractivity contribution >= 4 is 5.91 Å². The SMILES string of the molecule is Cc1cc(F)ccc1CNC1CCN(C(=O)C(C)C)CC1. The molecule has 0 radical (unpaired) electrons. The van der Waals surface area contributed by atoms with Gasteiger partial charge in [-0.3, -0.25) is 4.79 Å². The lowest BCUT2D eigenvalue weighted by molar-refractivity contribution is -0.135. The quantitative estimate of drug-likeness (QED) is 0.925. The van der Waals surface area contributed by atoms with Gasteiger partial charge in [0, 0.05) is 31.6 Å². The summed E-state index contributed by atoms with van der Waals surface area (Å²) in [5.41, 5.74) is 2.12. The number of nitrogens with one attached hydrogen (secondary N) is 1. The number of piperidine rings is 1. The maximum atomic E-state index is 13.1. The van der Waals surface area contributed by atoms with Crippen LogP contribution in [0.2, 0.25) is 0 Å². The summed E-state index contributed by atoms with van der Waals surface area (Å²) in [4.78, 5) is 13.9. The molecule has 1 saturated heterocycles. The van der Waals surface area contributed by atoms with Gasteiger partial charge < -0.3 is 10.2 Å². The van der Waals surface area contributed by atoms with Crippen molar-refractivity contribution in [1.29, 1.82) is 0 Å². The second kappa shape index (κ2) is 7.03. The van der Waals surface area contributed by atoms with Gasteiger partial charge in [-0.15, -0.1) is 0 Å². The van der Waals surface area contributed by atoms with E-state index < -0.39 is 0 Å². The van der Waals surface area contributed by atoms with Gasteiger partial charge in [-0.2, -0.15) is 0 Å². The van der Waals surface area contributed by atoms with Gasteiger partial charge in [0.25, 0.3) is 0 Å². The molecule has 4 heteroatoms. The molecule has 0 saturated carbocycles. The summed E-state index contributed by atoms with van der Waals surface area (Å²) < 4.78 is 13.1. The van der Waals surface area contributed by atoms with Crippen molar-refractivity contribution in [3.05, 3.63) is 35.1 Å². The first kappa shape index (κ1) is 16.0. The van der Waals surface area contributed by atoms with Crippen molar-refractivity contribution in [1.82, 2.24) is 10.2 Å². The van der Waals surface area contributed by atoms with E-state index in [0.717, 1.165) is 43.6 Å². The number of aryl methyl sites for hydroxylation is 1. The van der Waals surface area contributed by atoms with E-state index in [9.17, 15) is 9.18 Å². The van der Waals surface area contributed by atoms with Gasteiger partial charge in [-0.1, -0.05) is 19.9 Å². The highest BCUT2D eigenvalue weighted by Crippen LogP contribution is 2.15. The first-order valence-corrected chi connectivity index (χ1v) is 7.74. The molecule has 1 aliphatic rings. The van der Waals surface area contributed by atoms with E-state index in [1.807, 2.05) is 31.7 Å². The highest BCUT2D eigenvalue weighted by Gasteiger charge is 2.23. The Kier molecular flexibility index (Phi) is 5.34. The zero-order valence-corrected chi connectivity index (χ0v) is 13.2. The lowest BCUT2D eigenvalue weighted by atomic mass is 10.0. The van der Waals surface area contributed by atoms with Crippen molar-refractivity contribution < 1.29 is 9.18 Å². The molecule has 0 aromatic heterocycles. The third-order valence-electron chi connectivity index (χ3n) is 4.19. The van der Waals surface area contributed by atoms with Crippen LogP contribution in [-0.4, -0.2) is 29.9 Å². The van der Waals surface area contributed by atoms with E-state index in [-0.39, 0.29) is 17.6 Å². The molecule has 0 bridgehead atoms. The lowest BCUT2D eigenvalue weighted by Gasteiger charge is -2.33. The van der Waals surface area contributed by atoms with Crippen LogP contribution in [-0.2, 0) is 11.3 Å². The summed E-state index contributed by atoms with van der Waals surface area (Å²) >= 11 is 0. The van der Waals surface area contributed by atoms with Gasteiger partial charge in [-0.25, -0.2) is 4.39 Å². The van der Waals surface area contributed by atoms with Gasteiger partial charge in [-0.05, 0) is 43.0 Å². The Morgan fingerprint density at radius 2 is 2.05 bits per heavy atom. The molecule has 116 valence electrons. The number of nitrogens with zero attached hydrogens (tertiary/aromatic N) is 1. The smallest absolute Gasteiger partial charge is 0.225 e. The van der Waals surface area contributed by atoms with E-state index >= 15 is 0 Å². The van der Waals surface area contributed by atoms with Crippen LogP contribution in [0, 0.1) is 18.7 Å². The second-order valence-electron chi connectivity index (χ2n) is 6.21. The number of rotatable bonds is 4. The predicted octanol–water partition coefficient (Wildman–Crippen LogP) is 2.87. The number of hydrogen-bond donors (Lipinski definition) is 1. The summed E-state index contributed by atoms with van der Waals surface area (Å²) in [5.74, 6) is 0.149. The lowest BCUT2D eigenvalue weighted by Crippen LogP contribution is -2.46. The van der Waals surface area contributed by atoms with E-state index in [4.69, 9.17) is 0 Å². The zero-order chi connectivity index (χ0) is 15.4. The van der Waals surface area contributed by atoms with E-state index in [0.29, 0.717) is 6.04 Å². The van der Waals surface area contributed by atoms with Crippen LogP contribution in [0.1, 0.15) is 37.8 Å². The molecule has 1 aliphatic heterocycles. The Morgan fingerprint density at radius 3 is 2.62 bits per heavy atom. The molecule has 1 amide bonds. The average Bonchev–Trinajstić information content (AvgIpc) is 2.46. The number of amides is 1. The Bertz CT molecular complexity index is 494.